The largest absolute Gasteiger partial charge is 0.449 e. The van der Waals surface area contributed by atoms with Crippen molar-refractivity contribution in [2.24, 2.45) is 0 Å². The number of ether oxygens (including phenoxy) is 1. The van der Waals surface area contributed by atoms with E-state index < -0.39 is 28.0 Å². The number of aryl methyl sites for hydroxylation is 2. The number of esters is 1. The number of anilines is 2. The van der Waals surface area contributed by atoms with E-state index in [0.29, 0.717) is 11.3 Å². The van der Waals surface area contributed by atoms with Crippen LogP contribution in [0.2, 0.25) is 0 Å². The minimum atomic E-state index is -3.94. The highest BCUT2D eigenvalue weighted by Gasteiger charge is 2.23. The average molecular weight is 455 g/mol. The Balaban J connectivity index is 1.75. The van der Waals surface area contributed by atoms with E-state index in [9.17, 15) is 18.0 Å². The number of hydrogen-bond donors (Lipinski definition) is 2. The van der Waals surface area contributed by atoms with Gasteiger partial charge in [-0.05, 0) is 62.2 Å². The molecule has 1 amide bonds. The maximum atomic E-state index is 12.8. The number of amides is 1. The summed E-state index contributed by atoms with van der Waals surface area (Å²) in [5.74, 6) is -1.37. The zero-order valence-electron chi connectivity index (χ0n) is 17.7. The van der Waals surface area contributed by atoms with Crippen molar-refractivity contribution in [2.45, 2.75) is 31.8 Å². The Morgan fingerprint density at radius 3 is 2.41 bits per heavy atom. The smallest absolute Gasteiger partial charge is 0.339 e. The van der Waals surface area contributed by atoms with Crippen molar-refractivity contribution in [2.75, 3.05) is 10.0 Å². The van der Waals surface area contributed by atoms with Crippen LogP contribution in [0, 0.1) is 13.8 Å². The summed E-state index contributed by atoms with van der Waals surface area (Å²) in [4.78, 5) is 32.6. The molecule has 1 atom stereocenters. The summed E-state index contributed by atoms with van der Waals surface area (Å²) in [7, 11) is -3.94. The van der Waals surface area contributed by atoms with Gasteiger partial charge in [-0.25, -0.2) is 23.2 Å². The second-order valence-electron chi connectivity index (χ2n) is 7.06. The summed E-state index contributed by atoms with van der Waals surface area (Å²) in [6.07, 6.45) is 1.76. The third-order valence-electron chi connectivity index (χ3n) is 4.46. The Bertz CT molecular complexity index is 1250. The molecule has 3 rings (SSSR count). The van der Waals surface area contributed by atoms with Crippen LogP contribution < -0.4 is 10.0 Å². The Morgan fingerprint density at radius 2 is 1.72 bits per heavy atom. The lowest BCUT2D eigenvalue weighted by Crippen LogP contribution is -2.30. The number of nitrogens with zero attached hydrogens (tertiary/aromatic N) is 2. The predicted molar refractivity (Wildman–Crippen MR) is 119 cm³/mol. The monoisotopic (exact) mass is 454 g/mol. The lowest BCUT2D eigenvalue weighted by atomic mass is 10.1. The van der Waals surface area contributed by atoms with Gasteiger partial charge in [0.25, 0.3) is 15.9 Å². The molecule has 0 bridgehead atoms. The van der Waals surface area contributed by atoms with Crippen molar-refractivity contribution in [3.63, 3.8) is 0 Å². The molecule has 0 saturated carbocycles. The van der Waals surface area contributed by atoms with Gasteiger partial charge in [0.15, 0.2) is 6.10 Å². The Morgan fingerprint density at radius 1 is 1.00 bits per heavy atom. The maximum Gasteiger partial charge on any atom is 0.339 e. The van der Waals surface area contributed by atoms with Gasteiger partial charge in [0, 0.05) is 18.1 Å². The van der Waals surface area contributed by atoms with Crippen LogP contribution in [0.25, 0.3) is 0 Å². The van der Waals surface area contributed by atoms with Crippen LogP contribution in [0.4, 0.5) is 11.6 Å². The Labute approximate surface area is 185 Å². The minimum absolute atomic E-state index is 0.0349. The van der Waals surface area contributed by atoms with Crippen LogP contribution in [0.15, 0.2) is 65.8 Å². The van der Waals surface area contributed by atoms with E-state index in [-0.39, 0.29) is 16.4 Å². The molecule has 0 saturated heterocycles. The van der Waals surface area contributed by atoms with Gasteiger partial charge in [0.2, 0.25) is 5.95 Å². The number of benzene rings is 2. The number of hydrogen-bond acceptors (Lipinski definition) is 7. The predicted octanol–water partition coefficient (Wildman–Crippen LogP) is 3.08. The maximum absolute atomic E-state index is 12.8. The Hall–Kier alpha value is -3.79. The first-order valence-corrected chi connectivity index (χ1v) is 11.1. The van der Waals surface area contributed by atoms with Crippen LogP contribution in [0.3, 0.4) is 0 Å². The molecule has 0 radical (unpaired) electrons. The number of nitrogens with one attached hydrogen (secondary N) is 2. The average Bonchev–Trinajstić information content (AvgIpc) is 2.74. The number of carbonyl (C=O) groups is 2. The van der Waals surface area contributed by atoms with E-state index >= 15 is 0 Å². The number of carbonyl (C=O) groups excluding carboxylic acids is 2. The van der Waals surface area contributed by atoms with Gasteiger partial charge in [0.05, 0.1) is 10.5 Å². The van der Waals surface area contributed by atoms with Gasteiger partial charge in [-0.3, -0.25) is 14.8 Å². The highest BCUT2D eigenvalue weighted by Crippen LogP contribution is 2.21. The lowest BCUT2D eigenvalue weighted by Gasteiger charge is -2.15. The summed E-state index contributed by atoms with van der Waals surface area (Å²) in [6.45, 7) is 4.88. The van der Waals surface area contributed by atoms with Crippen molar-refractivity contribution in [3.05, 3.63) is 77.6 Å². The highest BCUT2D eigenvalue weighted by molar-refractivity contribution is 7.92. The molecule has 166 valence electrons. The first kappa shape index (κ1) is 22.9. The van der Waals surface area contributed by atoms with E-state index in [1.807, 2.05) is 13.0 Å². The molecule has 0 aliphatic carbocycles. The van der Waals surface area contributed by atoms with Gasteiger partial charge < -0.3 is 4.74 Å². The molecule has 0 spiro atoms. The second-order valence-corrected chi connectivity index (χ2v) is 8.74. The minimum Gasteiger partial charge on any atom is -0.449 e. The van der Waals surface area contributed by atoms with Crippen molar-refractivity contribution in [3.8, 4) is 0 Å². The molecule has 0 fully saturated rings. The SMILES string of the molecule is Cc1cccc(NS(=O)(=O)c2ccc(C)c(C(=O)OC(C)C(=O)Nc3ncccn3)c2)c1. The fraction of sp³-hybridized carbons (Fsp3) is 0.182. The van der Waals surface area contributed by atoms with Crippen LogP contribution >= 0.6 is 0 Å². The zero-order valence-corrected chi connectivity index (χ0v) is 18.5. The normalized spacial score (nSPS) is 12.0. The molecule has 0 aliphatic heterocycles. The van der Waals surface area contributed by atoms with Crippen LogP contribution in [0.5, 0.6) is 0 Å². The quantitative estimate of drug-likeness (QED) is 0.525. The molecule has 32 heavy (non-hydrogen) atoms. The first-order valence-electron chi connectivity index (χ1n) is 9.65. The third kappa shape index (κ3) is 5.67. The van der Waals surface area contributed by atoms with Gasteiger partial charge >= 0.3 is 5.97 Å². The van der Waals surface area contributed by atoms with Crippen LogP contribution in [0.1, 0.15) is 28.4 Å². The number of aromatic nitrogens is 2. The summed E-state index contributed by atoms with van der Waals surface area (Å²) < 4.78 is 33.3. The molecule has 1 aromatic heterocycles. The van der Waals surface area contributed by atoms with E-state index in [1.54, 1.807) is 31.2 Å². The molecule has 10 heteroatoms. The lowest BCUT2D eigenvalue weighted by molar-refractivity contribution is -0.123. The van der Waals surface area contributed by atoms with Crippen molar-refractivity contribution < 1.29 is 22.7 Å². The van der Waals surface area contributed by atoms with Crippen molar-refractivity contribution >= 4 is 33.5 Å². The topological polar surface area (TPSA) is 127 Å². The molecule has 1 unspecified atom stereocenters. The van der Waals surface area contributed by atoms with Gasteiger partial charge in [-0.1, -0.05) is 18.2 Å². The number of rotatable bonds is 7. The summed E-state index contributed by atoms with van der Waals surface area (Å²) in [6, 6.07) is 12.6. The second kappa shape index (κ2) is 9.56. The number of sulfonamides is 1. The molecular weight excluding hydrogens is 432 g/mol. The van der Waals surface area contributed by atoms with E-state index in [2.05, 4.69) is 20.0 Å². The molecule has 2 N–H and O–H groups in total. The van der Waals surface area contributed by atoms with Crippen molar-refractivity contribution in [1.29, 1.82) is 0 Å². The molecule has 0 aliphatic rings. The fourth-order valence-corrected chi connectivity index (χ4v) is 3.84. The zero-order chi connectivity index (χ0) is 23.3. The van der Waals surface area contributed by atoms with Crippen molar-refractivity contribution in [1.82, 2.24) is 9.97 Å². The van der Waals surface area contributed by atoms with Crippen LogP contribution in [-0.4, -0.2) is 36.4 Å². The van der Waals surface area contributed by atoms with E-state index in [4.69, 9.17) is 4.74 Å². The van der Waals surface area contributed by atoms with E-state index in [0.717, 1.165) is 5.56 Å². The molecule has 1 heterocycles. The van der Waals surface area contributed by atoms with Gasteiger partial charge in [-0.15, -0.1) is 0 Å². The molecule has 9 nitrogen and oxygen atoms in total. The van der Waals surface area contributed by atoms with Crippen LogP contribution in [-0.2, 0) is 19.6 Å². The summed E-state index contributed by atoms with van der Waals surface area (Å²) in [5, 5.41) is 2.44. The molecule has 2 aromatic carbocycles. The van der Waals surface area contributed by atoms with Gasteiger partial charge in [0.1, 0.15) is 0 Å². The highest BCUT2D eigenvalue weighted by atomic mass is 32.2. The third-order valence-corrected chi connectivity index (χ3v) is 5.84. The molecular formula is C22H22N4O5S. The first-order chi connectivity index (χ1) is 15.2. The summed E-state index contributed by atoms with van der Waals surface area (Å²) >= 11 is 0. The fourth-order valence-electron chi connectivity index (χ4n) is 2.76. The summed E-state index contributed by atoms with van der Waals surface area (Å²) in [5.41, 5.74) is 1.84. The Kier molecular flexibility index (Phi) is 6.84. The van der Waals surface area contributed by atoms with E-state index in [1.165, 1.54) is 37.5 Å². The van der Waals surface area contributed by atoms with Gasteiger partial charge in [-0.2, -0.15) is 0 Å². The molecule has 3 aromatic rings. The standard InChI is InChI=1S/C22H22N4O5S/c1-14-6-4-7-17(12-14)26-32(29,30)18-9-8-15(2)19(13-18)21(28)31-16(3)20(27)25-22-23-10-5-11-24-22/h4-13,16,26H,1-3H3,(H,23,24,25,27).